The third-order valence-electron chi connectivity index (χ3n) is 3.82. The van der Waals surface area contributed by atoms with Gasteiger partial charge >= 0.3 is 0 Å². The first-order valence-corrected chi connectivity index (χ1v) is 5.76. The zero-order valence-electron chi connectivity index (χ0n) is 10.4. The molecule has 1 N–H and O–H groups in total. The molecule has 0 aromatic carbocycles. The van der Waals surface area contributed by atoms with Gasteiger partial charge < -0.3 is 10.1 Å². The van der Waals surface area contributed by atoms with Crippen LogP contribution in [-0.2, 0) is 0 Å². The standard InChI is InChI=1S/C11H24BN2/c1-7(2)9(4)13-11-8(3)10(5)14(6)12-11/h7-11,13H,1-6H3. The maximum absolute atomic E-state index is 3.69. The lowest BCUT2D eigenvalue weighted by atomic mass is 9.78. The molecular formula is C11H24BN2. The van der Waals surface area contributed by atoms with Crippen LogP contribution < -0.4 is 5.32 Å². The van der Waals surface area contributed by atoms with Gasteiger partial charge in [-0.25, -0.2) is 0 Å². The number of nitrogens with zero attached hydrogens (tertiary/aromatic N) is 1. The van der Waals surface area contributed by atoms with Crippen molar-refractivity contribution >= 4 is 7.41 Å². The Morgan fingerprint density at radius 1 is 1.21 bits per heavy atom. The lowest BCUT2D eigenvalue weighted by Crippen LogP contribution is -2.44. The summed E-state index contributed by atoms with van der Waals surface area (Å²) in [4.78, 5) is 2.33. The summed E-state index contributed by atoms with van der Waals surface area (Å²) < 4.78 is 0. The minimum absolute atomic E-state index is 0.549. The molecule has 14 heavy (non-hydrogen) atoms. The van der Waals surface area contributed by atoms with E-state index in [-0.39, 0.29) is 0 Å². The van der Waals surface area contributed by atoms with Crippen LogP contribution >= 0.6 is 0 Å². The Morgan fingerprint density at radius 2 is 1.79 bits per heavy atom. The summed E-state index contributed by atoms with van der Waals surface area (Å²) in [5, 5.41) is 3.69. The fourth-order valence-electron chi connectivity index (χ4n) is 1.89. The van der Waals surface area contributed by atoms with Gasteiger partial charge in [-0.15, -0.1) is 0 Å². The largest absolute Gasteiger partial charge is 0.345 e. The molecule has 0 amide bonds. The van der Waals surface area contributed by atoms with Crippen LogP contribution in [0.3, 0.4) is 0 Å². The second-order valence-electron chi connectivity index (χ2n) is 5.14. The maximum Gasteiger partial charge on any atom is 0.228 e. The second kappa shape index (κ2) is 4.67. The fourth-order valence-corrected chi connectivity index (χ4v) is 1.89. The minimum atomic E-state index is 0.549. The monoisotopic (exact) mass is 195 g/mol. The van der Waals surface area contributed by atoms with Crippen LogP contribution in [0.25, 0.3) is 0 Å². The van der Waals surface area contributed by atoms with Gasteiger partial charge in [0.1, 0.15) is 0 Å². The molecule has 4 unspecified atom stereocenters. The highest BCUT2D eigenvalue weighted by Gasteiger charge is 2.35. The molecule has 0 aromatic rings. The quantitative estimate of drug-likeness (QED) is 0.687. The molecule has 0 aromatic heterocycles. The zero-order chi connectivity index (χ0) is 10.9. The summed E-state index contributed by atoms with van der Waals surface area (Å²) in [7, 11) is 4.50. The van der Waals surface area contributed by atoms with E-state index in [4.69, 9.17) is 0 Å². The van der Waals surface area contributed by atoms with Gasteiger partial charge in [0.05, 0.1) is 0 Å². The molecule has 3 heteroatoms. The average molecular weight is 195 g/mol. The highest BCUT2D eigenvalue weighted by Crippen LogP contribution is 2.21. The molecule has 1 saturated heterocycles. The first kappa shape index (κ1) is 12.1. The highest BCUT2D eigenvalue weighted by atomic mass is 15.1. The Labute approximate surface area is 89.7 Å². The Bertz CT molecular complexity index is 184. The van der Waals surface area contributed by atoms with E-state index in [1.54, 1.807) is 0 Å². The molecule has 4 atom stereocenters. The van der Waals surface area contributed by atoms with Crippen molar-refractivity contribution in [1.82, 2.24) is 10.1 Å². The lowest BCUT2D eigenvalue weighted by Gasteiger charge is -2.25. The van der Waals surface area contributed by atoms with E-state index >= 15 is 0 Å². The van der Waals surface area contributed by atoms with Crippen LogP contribution in [0, 0.1) is 11.8 Å². The van der Waals surface area contributed by atoms with Gasteiger partial charge in [0.15, 0.2) is 0 Å². The molecule has 1 aliphatic heterocycles. The molecule has 0 spiro atoms. The zero-order valence-corrected chi connectivity index (χ0v) is 10.4. The molecule has 1 rings (SSSR count). The van der Waals surface area contributed by atoms with Crippen molar-refractivity contribution < 1.29 is 0 Å². The third-order valence-corrected chi connectivity index (χ3v) is 3.82. The second-order valence-corrected chi connectivity index (χ2v) is 5.14. The van der Waals surface area contributed by atoms with E-state index in [2.05, 4.69) is 59.2 Å². The van der Waals surface area contributed by atoms with E-state index in [9.17, 15) is 0 Å². The van der Waals surface area contributed by atoms with E-state index in [0.717, 1.165) is 0 Å². The number of rotatable bonds is 3. The van der Waals surface area contributed by atoms with Gasteiger partial charge in [-0.3, -0.25) is 0 Å². The van der Waals surface area contributed by atoms with Crippen molar-refractivity contribution in [3.63, 3.8) is 0 Å². The number of hydrogen-bond acceptors (Lipinski definition) is 2. The SMILES string of the molecule is CC(C)C(C)NC1[B]N(C)C(C)C1C. The normalized spacial score (nSPS) is 36.1. The smallest absolute Gasteiger partial charge is 0.228 e. The Hall–Kier alpha value is -0.0151. The van der Waals surface area contributed by atoms with Crippen molar-refractivity contribution in [1.29, 1.82) is 0 Å². The van der Waals surface area contributed by atoms with Crippen molar-refractivity contribution in [3.05, 3.63) is 0 Å². The van der Waals surface area contributed by atoms with Crippen LogP contribution in [0.5, 0.6) is 0 Å². The van der Waals surface area contributed by atoms with Gasteiger partial charge in [0.25, 0.3) is 0 Å². The van der Waals surface area contributed by atoms with E-state index < -0.39 is 0 Å². The number of hydrogen-bond donors (Lipinski definition) is 1. The van der Waals surface area contributed by atoms with Crippen molar-refractivity contribution in [2.24, 2.45) is 11.8 Å². The van der Waals surface area contributed by atoms with Gasteiger partial charge in [0, 0.05) is 6.04 Å². The van der Waals surface area contributed by atoms with E-state index in [0.29, 0.717) is 29.9 Å². The molecule has 2 nitrogen and oxygen atoms in total. The van der Waals surface area contributed by atoms with Crippen molar-refractivity contribution in [2.45, 2.75) is 52.6 Å². The Balaban J connectivity index is 2.47. The maximum atomic E-state index is 3.69. The van der Waals surface area contributed by atoms with Crippen LogP contribution in [0.15, 0.2) is 0 Å². The van der Waals surface area contributed by atoms with Gasteiger partial charge in [-0.1, -0.05) is 27.7 Å². The molecule has 1 heterocycles. The molecule has 81 valence electrons. The Morgan fingerprint density at radius 3 is 2.14 bits per heavy atom. The first-order chi connectivity index (χ1) is 6.43. The summed E-state index contributed by atoms with van der Waals surface area (Å²) in [6.07, 6.45) is 0. The molecule has 0 bridgehead atoms. The summed E-state index contributed by atoms with van der Waals surface area (Å²) in [5.74, 6) is 1.96. The highest BCUT2D eigenvalue weighted by molar-refractivity contribution is 6.35. The van der Waals surface area contributed by atoms with Crippen LogP contribution in [-0.4, -0.2) is 37.3 Å². The van der Waals surface area contributed by atoms with Crippen molar-refractivity contribution in [2.75, 3.05) is 7.05 Å². The molecule has 0 aliphatic carbocycles. The molecule has 1 radical (unpaired) electrons. The van der Waals surface area contributed by atoms with Crippen LogP contribution in [0.4, 0.5) is 0 Å². The summed E-state index contributed by atoms with van der Waals surface area (Å²) in [5.41, 5.74) is 0. The van der Waals surface area contributed by atoms with Crippen LogP contribution in [0.2, 0.25) is 0 Å². The van der Waals surface area contributed by atoms with Gasteiger partial charge in [-0.2, -0.15) is 0 Å². The fraction of sp³-hybridized carbons (Fsp3) is 1.00. The first-order valence-electron chi connectivity index (χ1n) is 5.76. The summed E-state index contributed by atoms with van der Waals surface area (Å²) >= 11 is 0. The molecule has 0 saturated carbocycles. The predicted molar refractivity (Wildman–Crippen MR) is 63.4 cm³/mol. The topological polar surface area (TPSA) is 15.3 Å². The minimum Gasteiger partial charge on any atom is -0.345 e. The van der Waals surface area contributed by atoms with Gasteiger partial charge in [-0.05, 0) is 37.8 Å². The Kier molecular flexibility index (Phi) is 4.02. The summed E-state index contributed by atoms with van der Waals surface area (Å²) in [6, 6.07) is 1.25. The predicted octanol–water partition coefficient (Wildman–Crippen LogP) is 1.54. The molecule has 1 fully saturated rings. The third kappa shape index (κ3) is 2.51. The van der Waals surface area contributed by atoms with Crippen molar-refractivity contribution in [3.8, 4) is 0 Å². The summed E-state index contributed by atoms with van der Waals surface area (Å²) in [6.45, 7) is 11.4. The van der Waals surface area contributed by atoms with Gasteiger partial charge in [0.2, 0.25) is 7.41 Å². The number of nitrogens with one attached hydrogen (secondary N) is 1. The van der Waals surface area contributed by atoms with E-state index in [1.165, 1.54) is 0 Å². The van der Waals surface area contributed by atoms with E-state index in [1.807, 2.05) is 0 Å². The molecule has 1 aliphatic rings. The lowest BCUT2D eigenvalue weighted by molar-refractivity contribution is 0.315. The average Bonchev–Trinajstić information content (AvgIpc) is 2.33. The molecular weight excluding hydrogens is 171 g/mol. The van der Waals surface area contributed by atoms with Crippen LogP contribution in [0.1, 0.15) is 34.6 Å².